The van der Waals surface area contributed by atoms with Crippen molar-refractivity contribution in [1.82, 2.24) is 5.32 Å². The second-order valence-corrected chi connectivity index (χ2v) is 3.12. The molecule has 68 valence electrons. The fourth-order valence-electron chi connectivity index (χ4n) is 1.49. The minimum atomic E-state index is -0.185. The molecule has 0 bridgehead atoms. The summed E-state index contributed by atoms with van der Waals surface area (Å²) in [6.07, 6.45) is 0.574. The van der Waals surface area contributed by atoms with Crippen LogP contribution in [0.5, 0.6) is 5.75 Å². The van der Waals surface area contributed by atoms with Crippen LogP contribution in [0.4, 0.5) is 0 Å². The molecule has 1 atom stereocenters. The Hall–Kier alpha value is -1.51. The quantitative estimate of drug-likeness (QED) is 0.697. The van der Waals surface area contributed by atoms with Crippen LogP contribution in [0, 0.1) is 0 Å². The minimum Gasteiger partial charge on any atom is -0.470 e. The Kier molecular flexibility index (Phi) is 1.93. The third-order valence-electron chi connectivity index (χ3n) is 2.01. The molecule has 1 unspecified atom stereocenters. The molecule has 0 radical (unpaired) electrons. The van der Waals surface area contributed by atoms with Crippen LogP contribution in [0.3, 0.4) is 0 Å². The average Bonchev–Trinajstić information content (AvgIpc) is 2.44. The summed E-state index contributed by atoms with van der Waals surface area (Å²) in [5.74, 6) is 0.819. The van der Waals surface area contributed by atoms with E-state index in [-0.39, 0.29) is 12.1 Å². The molecule has 0 aromatic heterocycles. The number of carbonyl (C=O) groups is 1. The minimum absolute atomic E-state index is 0.0576. The molecule has 3 heteroatoms. The predicted molar refractivity (Wildman–Crippen MR) is 48.4 cm³/mol. The predicted octanol–water partition coefficient (Wildman–Crippen LogP) is 1.08. The summed E-state index contributed by atoms with van der Waals surface area (Å²) in [6, 6.07) is 7.82. The van der Waals surface area contributed by atoms with E-state index in [1.54, 1.807) is 0 Å². The van der Waals surface area contributed by atoms with Crippen molar-refractivity contribution in [2.24, 2.45) is 0 Å². The molecule has 1 aromatic rings. The van der Waals surface area contributed by atoms with E-state index in [2.05, 4.69) is 5.32 Å². The molecular formula is C10H11NO2. The fraction of sp³-hybridized carbons (Fsp3) is 0.300. The summed E-state index contributed by atoms with van der Waals surface area (Å²) in [5.41, 5.74) is 1.15. The van der Waals surface area contributed by atoms with Crippen molar-refractivity contribution in [3.05, 3.63) is 29.8 Å². The number of rotatable bonds is 1. The van der Waals surface area contributed by atoms with Crippen LogP contribution < -0.4 is 10.1 Å². The molecule has 1 aliphatic heterocycles. The molecule has 0 saturated heterocycles. The number of ether oxygens (including phenoxy) is 1. The number of hydrogen-bond donors (Lipinski definition) is 1. The van der Waals surface area contributed by atoms with Crippen LogP contribution in [-0.4, -0.2) is 12.1 Å². The number of carbonyl (C=O) groups excluding carboxylic acids is 1. The molecular weight excluding hydrogens is 166 g/mol. The van der Waals surface area contributed by atoms with E-state index in [9.17, 15) is 4.79 Å². The molecule has 1 heterocycles. The Morgan fingerprint density at radius 1 is 1.54 bits per heavy atom. The molecule has 0 aliphatic carbocycles. The Balaban J connectivity index is 2.09. The maximum atomic E-state index is 10.8. The van der Waals surface area contributed by atoms with Crippen molar-refractivity contribution in [3.63, 3.8) is 0 Å². The van der Waals surface area contributed by atoms with Gasteiger partial charge in [-0.2, -0.15) is 0 Å². The topological polar surface area (TPSA) is 38.3 Å². The van der Waals surface area contributed by atoms with Gasteiger partial charge in [0.25, 0.3) is 0 Å². The number of benzene rings is 1. The molecule has 0 spiro atoms. The molecule has 1 aromatic carbocycles. The van der Waals surface area contributed by atoms with Gasteiger partial charge < -0.3 is 10.1 Å². The van der Waals surface area contributed by atoms with Crippen LogP contribution in [0.2, 0.25) is 0 Å². The van der Waals surface area contributed by atoms with Crippen LogP contribution >= 0.6 is 0 Å². The van der Waals surface area contributed by atoms with E-state index in [0.717, 1.165) is 17.7 Å². The van der Waals surface area contributed by atoms with Gasteiger partial charge in [0.15, 0.2) is 6.23 Å². The lowest BCUT2D eigenvalue weighted by atomic mass is 10.1. The zero-order chi connectivity index (χ0) is 9.26. The molecule has 3 nitrogen and oxygen atoms in total. The van der Waals surface area contributed by atoms with Gasteiger partial charge >= 0.3 is 0 Å². The highest BCUT2D eigenvalue weighted by Gasteiger charge is 2.22. The number of nitrogens with one attached hydrogen (secondary N) is 1. The van der Waals surface area contributed by atoms with Gasteiger partial charge in [0, 0.05) is 13.3 Å². The summed E-state index contributed by atoms with van der Waals surface area (Å²) in [5, 5.41) is 2.73. The Bertz CT molecular complexity index is 310. The number of fused-ring (bicyclic) bond motifs is 1. The normalized spacial score (nSPS) is 19.0. The van der Waals surface area contributed by atoms with Crippen molar-refractivity contribution in [2.75, 3.05) is 0 Å². The highest BCUT2D eigenvalue weighted by molar-refractivity contribution is 5.73. The first kappa shape index (κ1) is 8.10. The molecule has 1 amide bonds. The van der Waals surface area contributed by atoms with Gasteiger partial charge in [0.1, 0.15) is 5.75 Å². The SMILES string of the molecule is CC(=O)NC1Cc2ccccc2O1. The van der Waals surface area contributed by atoms with Gasteiger partial charge in [0.05, 0.1) is 0 Å². The molecule has 13 heavy (non-hydrogen) atoms. The average molecular weight is 177 g/mol. The number of para-hydroxylation sites is 1. The summed E-state index contributed by atoms with van der Waals surface area (Å²) < 4.78 is 5.49. The zero-order valence-corrected chi connectivity index (χ0v) is 7.41. The maximum Gasteiger partial charge on any atom is 0.219 e. The first-order chi connectivity index (χ1) is 6.25. The van der Waals surface area contributed by atoms with Gasteiger partial charge in [-0.1, -0.05) is 18.2 Å². The first-order valence-corrected chi connectivity index (χ1v) is 4.27. The van der Waals surface area contributed by atoms with Crippen molar-refractivity contribution < 1.29 is 9.53 Å². The monoisotopic (exact) mass is 177 g/mol. The molecule has 0 saturated carbocycles. The van der Waals surface area contributed by atoms with Crippen molar-refractivity contribution in [1.29, 1.82) is 0 Å². The van der Waals surface area contributed by atoms with Gasteiger partial charge in [-0.15, -0.1) is 0 Å². The second kappa shape index (κ2) is 3.09. The lowest BCUT2D eigenvalue weighted by molar-refractivity contribution is -0.121. The fourth-order valence-corrected chi connectivity index (χ4v) is 1.49. The van der Waals surface area contributed by atoms with Crippen LogP contribution in [0.1, 0.15) is 12.5 Å². The Morgan fingerprint density at radius 2 is 2.31 bits per heavy atom. The first-order valence-electron chi connectivity index (χ1n) is 4.27. The highest BCUT2D eigenvalue weighted by atomic mass is 16.5. The lowest BCUT2D eigenvalue weighted by Crippen LogP contribution is -2.36. The highest BCUT2D eigenvalue weighted by Crippen LogP contribution is 2.26. The van der Waals surface area contributed by atoms with Gasteiger partial charge in [-0.3, -0.25) is 4.79 Å². The zero-order valence-electron chi connectivity index (χ0n) is 7.41. The summed E-state index contributed by atoms with van der Waals surface area (Å²) in [6.45, 7) is 1.49. The summed E-state index contributed by atoms with van der Waals surface area (Å²) >= 11 is 0. The van der Waals surface area contributed by atoms with E-state index >= 15 is 0 Å². The third-order valence-corrected chi connectivity index (χ3v) is 2.01. The smallest absolute Gasteiger partial charge is 0.219 e. The maximum absolute atomic E-state index is 10.8. The van der Waals surface area contributed by atoms with E-state index in [1.165, 1.54) is 6.92 Å². The van der Waals surface area contributed by atoms with Crippen LogP contribution in [0.15, 0.2) is 24.3 Å². The standard InChI is InChI=1S/C10H11NO2/c1-7(12)11-10-6-8-4-2-3-5-9(8)13-10/h2-5,10H,6H2,1H3,(H,11,12). The Labute approximate surface area is 76.7 Å². The van der Waals surface area contributed by atoms with E-state index < -0.39 is 0 Å². The van der Waals surface area contributed by atoms with Gasteiger partial charge in [0.2, 0.25) is 5.91 Å². The number of hydrogen-bond acceptors (Lipinski definition) is 2. The van der Waals surface area contributed by atoms with E-state index in [0.29, 0.717) is 0 Å². The number of amides is 1. The molecule has 1 N–H and O–H groups in total. The molecule has 1 aliphatic rings. The molecule has 0 fully saturated rings. The van der Waals surface area contributed by atoms with Crippen LogP contribution in [0.25, 0.3) is 0 Å². The summed E-state index contributed by atoms with van der Waals surface area (Å²) in [7, 11) is 0. The lowest BCUT2D eigenvalue weighted by Gasteiger charge is -2.10. The summed E-state index contributed by atoms with van der Waals surface area (Å²) in [4.78, 5) is 10.8. The van der Waals surface area contributed by atoms with Crippen molar-refractivity contribution in [2.45, 2.75) is 19.6 Å². The molecule has 2 rings (SSSR count). The third kappa shape index (κ3) is 1.64. The second-order valence-electron chi connectivity index (χ2n) is 3.12. The van der Waals surface area contributed by atoms with E-state index in [1.807, 2.05) is 24.3 Å². The van der Waals surface area contributed by atoms with E-state index in [4.69, 9.17) is 4.74 Å². The Morgan fingerprint density at radius 3 is 3.00 bits per heavy atom. The largest absolute Gasteiger partial charge is 0.470 e. The van der Waals surface area contributed by atoms with Crippen molar-refractivity contribution >= 4 is 5.91 Å². The van der Waals surface area contributed by atoms with Crippen molar-refractivity contribution in [3.8, 4) is 5.75 Å². The van der Waals surface area contributed by atoms with Crippen LogP contribution in [-0.2, 0) is 11.2 Å². The van der Waals surface area contributed by atoms with Gasteiger partial charge in [-0.25, -0.2) is 0 Å². The van der Waals surface area contributed by atoms with Gasteiger partial charge in [-0.05, 0) is 11.6 Å².